The van der Waals surface area contributed by atoms with Gasteiger partial charge in [0, 0.05) is 4.75 Å². The Morgan fingerprint density at radius 1 is 1.33 bits per heavy atom. The smallest absolute Gasteiger partial charge is 0.321 e. The highest BCUT2D eigenvalue weighted by molar-refractivity contribution is 8.00. The summed E-state index contributed by atoms with van der Waals surface area (Å²) < 4.78 is -0.406. The second kappa shape index (κ2) is 5.21. The first-order valence-corrected chi connectivity index (χ1v) is 6.17. The molecule has 0 saturated heterocycles. The van der Waals surface area contributed by atoms with E-state index in [1.807, 2.05) is 13.8 Å². The van der Waals surface area contributed by atoms with Gasteiger partial charge in [-0.3, -0.25) is 4.79 Å². The molecular formula is C11H23NO2S. The number of carboxylic acids is 1. The molecule has 4 heteroatoms. The van der Waals surface area contributed by atoms with Crippen LogP contribution >= 0.6 is 11.8 Å². The molecule has 0 aromatic carbocycles. The van der Waals surface area contributed by atoms with Crippen LogP contribution in [0.2, 0.25) is 0 Å². The number of hydrogen-bond donors (Lipinski definition) is 2. The molecule has 1 atom stereocenters. The summed E-state index contributed by atoms with van der Waals surface area (Å²) in [5.41, 5.74) is 5.91. The molecule has 0 unspecified atom stereocenters. The molecule has 15 heavy (non-hydrogen) atoms. The van der Waals surface area contributed by atoms with Crippen molar-refractivity contribution in [3.8, 4) is 0 Å². The lowest BCUT2D eigenvalue weighted by Gasteiger charge is -2.29. The normalized spacial score (nSPS) is 15.1. The van der Waals surface area contributed by atoms with Gasteiger partial charge in [0.05, 0.1) is 0 Å². The molecule has 0 aromatic heterocycles. The van der Waals surface area contributed by atoms with E-state index in [1.54, 1.807) is 11.8 Å². The Balaban J connectivity index is 4.10. The lowest BCUT2D eigenvalue weighted by atomic mass is 9.94. The van der Waals surface area contributed by atoms with Crippen LogP contribution in [0.4, 0.5) is 0 Å². The molecule has 0 heterocycles. The first-order chi connectivity index (χ1) is 6.56. The summed E-state index contributed by atoms with van der Waals surface area (Å²) in [7, 11) is 0. The Morgan fingerprint density at radius 2 is 1.80 bits per heavy atom. The van der Waals surface area contributed by atoms with Gasteiger partial charge in [0.25, 0.3) is 0 Å². The molecule has 90 valence electrons. The quantitative estimate of drug-likeness (QED) is 0.765. The van der Waals surface area contributed by atoms with Gasteiger partial charge in [0.2, 0.25) is 0 Å². The van der Waals surface area contributed by atoms with Crippen molar-refractivity contribution in [1.29, 1.82) is 0 Å². The van der Waals surface area contributed by atoms with Crippen LogP contribution in [0.3, 0.4) is 0 Å². The highest BCUT2D eigenvalue weighted by atomic mass is 32.2. The van der Waals surface area contributed by atoms with E-state index in [4.69, 9.17) is 10.8 Å². The molecule has 0 rings (SSSR count). The van der Waals surface area contributed by atoms with Gasteiger partial charge in [-0.15, -0.1) is 0 Å². The predicted molar refractivity (Wildman–Crippen MR) is 66.2 cm³/mol. The second-order valence-corrected chi connectivity index (χ2v) is 7.33. The largest absolute Gasteiger partial charge is 0.480 e. The van der Waals surface area contributed by atoms with Gasteiger partial charge in [-0.25, -0.2) is 0 Å². The van der Waals surface area contributed by atoms with Gasteiger partial charge >= 0.3 is 5.97 Å². The molecule has 0 radical (unpaired) electrons. The minimum absolute atomic E-state index is 0.288. The average Bonchev–Trinajstić information content (AvgIpc) is 1.99. The molecule has 0 bridgehead atoms. The second-order valence-electron chi connectivity index (χ2n) is 5.58. The van der Waals surface area contributed by atoms with E-state index in [-0.39, 0.29) is 5.41 Å². The Bertz CT molecular complexity index is 221. The maximum absolute atomic E-state index is 10.8. The number of thioether (sulfide) groups is 1. The molecular weight excluding hydrogens is 210 g/mol. The van der Waals surface area contributed by atoms with E-state index in [2.05, 4.69) is 20.8 Å². The monoisotopic (exact) mass is 233 g/mol. The van der Waals surface area contributed by atoms with Crippen molar-refractivity contribution in [3.05, 3.63) is 0 Å². The molecule has 0 amide bonds. The highest BCUT2D eigenvalue weighted by Gasteiger charge is 2.32. The fourth-order valence-corrected chi connectivity index (χ4v) is 2.53. The van der Waals surface area contributed by atoms with E-state index in [0.29, 0.717) is 0 Å². The van der Waals surface area contributed by atoms with Crippen LogP contribution in [0.5, 0.6) is 0 Å². The third-order valence-electron chi connectivity index (χ3n) is 2.34. The van der Waals surface area contributed by atoms with Crippen LogP contribution in [0.25, 0.3) is 0 Å². The molecule has 0 aromatic rings. The number of rotatable bonds is 5. The van der Waals surface area contributed by atoms with E-state index >= 15 is 0 Å². The number of carbonyl (C=O) groups is 1. The first-order valence-electron chi connectivity index (χ1n) is 5.18. The minimum Gasteiger partial charge on any atom is -0.480 e. The average molecular weight is 233 g/mol. The van der Waals surface area contributed by atoms with Crippen molar-refractivity contribution in [2.45, 2.75) is 51.8 Å². The maximum Gasteiger partial charge on any atom is 0.321 e. The fourth-order valence-electron chi connectivity index (χ4n) is 1.01. The van der Waals surface area contributed by atoms with Crippen LogP contribution in [0.15, 0.2) is 0 Å². The molecule has 3 N–H and O–H groups in total. The van der Waals surface area contributed by atoms with Gasteiger partial charge in [-0.05, 0) is 31.4 Å². The van der Waals surface area contributed by atoms with E-state index in [0.717, 1.165) is 12.2 Å². The topological polar surface area (TPSA) is 63.3 Å². The number of carboxylic acid groups (broad SMARTS) is 1. The highest BCUT2D eigenvalue weighted by Crippen LogP contribution is 2.31. The molecule has 0 aliphatic rings. The zero-order valence-electron chi connectivity index (χ0n) is 10.3. The Morgan fingerprint density at radius 3 is 2.13 bits per heavy atom. The maximum atomic E-state index is 10.8. The molecule has 0 saturated carbocycles. The summed E-state index contributed by atoms with van der Waals surface area (Å²) in [4.78, 5) is 10.8. The standard InChI is InChI=1S/C11H23NO2S/c1-10(2,3)6-7-15-11(4,5)8(12)9(13)14/h8H,6-7,12H2,1-5H3,(H,13,14)/t8-/m0/s1. The predicted octanol–water partition coefficient (Wildman–Crippen LogP) is 2.35. The van der Waals surface area contributed by atoms with Gasteiger partial charge in [0.15, 0.2) is 0 Å². The summed E-state index contributed by atoms with van der Waals surface area (Å²) in [6.07, 6.45) is 1.06. The van der Waals surface area contributed by atoms with Gasteiger partial charge in [0.1, 0.15) is 6.04 Å². The summed E-state index contributed by atoms with van der Waals surface area (Å²) >= 11 is 1.64. The summed E-state index contributed by atoms with van der Waals surface area (Å²) in [6.45, 7) is 10.3. The van der Waals surface area contributed by atoms with Crippen LogP contribution < -0.4 is 5.73 Å². The van der Waals surface area contributed by atoms with Crippen molar-refractivity contribution in [3.63, 3.8) is 0 Å². The van der Waals surface area contributed by atoms with Crippen LogP contribution in [-0.4, -0.2) is 27.6 Å². The van der Waals surface area contributed by atoms with E-state index in [9.17, 15) is 4.79 Å². The number of aliphatic carboxylic acids is 1. The van der Waals surface area contributed by atoms with Gasteiger partial charge < -0.3 is 10.8 Å². The Labute approximate surface area is 96.8 Å². The zero-order valence-corrected chi connectivity index (χ0v) is 11.1. The molecule has 3 nitrogen and oxygen atoms in total. The molecule has 0 fully saturated rings. The van der Waals surface area contributed by atoms with Crippen LogP contribution in [0, 0.1) is 5.41 Å². The van der Waals surface area contributed by atoms with Crippen molar-refractivity contribution in [2.24, 2.45) is 11.1 Å². The summed E-state index contributed by atoms with van der Waals surface area (Å²) in [5, 5.41) is 8.84. The van der Waals surface area contributed by atoms with E-state index < -0.39 is 16.8 Å². The SMILES string of the molecule is CC(C)(C)CCSC(C)(C)[C@@H](N)C(=O)O. The Kier molecular flexibility index (Phi) is 5.14. The molecule has 0 spiro atoms. The van der Waals surface area contributed by atoms with E-state index in [1.165, 1.54) is 0 Å². The summed E-state index contributed by atoms with van der Waals surface area (Å²) in [6, 6.07) is -0.803. The molecule has 0 aliphatic carbocycles. The zero-order chi connectivity index (χ0) is 12.3. The van der Waals surface area contributed by atoms with Crippen molar-refractivity contribution in [1.82, 2.24) is 0 Å². The fraction of sp³-hybridized carbons (Fsp3) is 0.909. The lowest BCUT2D eigenvalue weighted by molar-refractivity contribution is -0.139. The van der Waals surface area contributed by atoms with Crippen molar-refractivity contribution >= 4 is 17.7 Å². The first kappa shape index (κ1) is 14.8. The van der Waals surface area contributed by atoms with Crippen molar-refractivity contribution in [2.75, 3.05) is 5.75 Å². The van der Waals surface area contributed by atoms with Gasteiger partial charge in [-0.2, -0.15) is 11.8 Å². The third-order valence-corrected chi connectivity index (χ3v) is 3.75. The molecule has 0 aliphatic heterocycles. The lowest BCUT2D eigenvalue weighted by Crippen LogP contribution is -2.46. The van der Waals surface area contributed by atoms with Crippen LogP contribution in [0.1, 0.15) is 41.0 Å². The summed E-state index contributed by atoms with van der Waals surface area (Å²) in [5.74, 6) is 0.0144. The number of nitrogens with two attached hydrogens (primary N) is 1. The Hall–Kier alpha value is -0.220. The number of hydrogen-bond acceptors (Lipinski definition) is 3. The van der Waals surface area contributed by atoms with Crippen molar-refractivity contribution < 1.29 is 9.90 Å². The van der Waals surface area contributed by atoms with Crippen LogP contribution in [-0.2, 0) is 4.79 Å². The third kappa shape index (κ3) is 6.05. The van der Waals surface area contributed by atoms with Gasteiger partial charge in [-0.1, -0.05) is 20.8 Å². The minimum atomic E-state index is -0.928.